The van der Waals surface area contributed by atoms with Crippen LogP contribution in [0.1, 0.15) is 19.5 Å². The molecule has 5 nitrogen and oxygen atoms in total. The van der Waals surface area contributed by atoms with E-state index in [2.05, 4.69) is 39.2 Å². The van der Waals surface area contributed by atoms with Crippen LogP contribution in [0.5, 0.6) is 5.75 Å². The fourth-order valence-electron chi connectivity index (χ4n) is 2.99. The summed E-state index contributed by atoms with van der Waals surface area (Å²) in [4.78, 5) is 4.77. The van der Waals surface area contributed by atoms with E-state index in [4.69, 9.17) is 9.72 Å². The van der Waals surface area contributed by atoms with Crippen molar-refractivity contribution in [3.63, 3.8) is 0 Å². The van der Waals surface area contributed by atoms with Gasteiger partial charge in [0, 0.05) is 28.8 Å². The van der Waals surface area contributed by atoms with Crippen LogP contribution in [0.4, 0.5) is 0 Å². The molecule has 7 heteroatoms. The molecule has 0 amide bonds. The monoisotopic (exact) mass is 422 g/mol. The second-order valence-electron chi connectivity index (χ2n) is 6.31. The van der Waals surface area contributed by atoms with Crippen molar-refractivity contribution in [2.45, 2.75) is 31.3 Å². The molecule has 4 rings (SSSR count). The molecule has 0 aliphatic carbocycles. The SMILES string of the molecule is CCOc1ccc(-c2nnc(SCc3csc(-c4ccccc4)n3)n2CC)cc1. The van der Waals surface area contributed by atoms with Crippen molar-refractivity contribution in [3.8, 4) is 27.7 Å². The number of benzene rings is 2. The maximum Gasteiger partial charge on any atom is 0.191 e. The Kier molecular flexibility index (Phi) is 6.27. The number of hydrogen-bond donors (Lipinski definition) is 0. The summed E-state index contributed by atoms with van der Waals surface area (Å²) in [6, 6.07) is 18.3. The van der Waals surface area contributed by atoms with E-state index in [0.717, 1.165) is 50.9 Å². The lowest BCUT2D eigenvalue weighted by atomic mass is 10.2. The molecule has 0 fully saturated rings. The van der Waals surface area contributed by atoms with Gasteiger partial charge in [0.15, 0.2) is 11.0 Å². The first-order chi connectivity index (χ1) is 14.3. The molecule has 0 saturated heterocycles. The van der Waals surface area contributed by atoms with Crippen LogP contribution in [0.15, 0.2) is 65.1 Å². The minimum Gasteiger partial charge on any atom is -0.494 e. The first kappa shape index (κ1) is 19.7. The van der Waals surface area contributed by atoms with Crippen molar-refractivity contribution >= 4 is 23.1 Å². The molecule has 2 heterocycles. The van der Waals surface area contributed by atoms with Crippen molar-refractivity contribution in [1.29, 1.82) is 0 Å². The number of aromatic nitrogens is 4. The molecule has 0 unspecified atom stereocenters. The molecule has 0 N–H and O–H groups in total. The number of ether oxygens (including phenoxy) is 1. The topological polar surface area (TPSA) is 52.8 Å². The maximum absolute atomic E-state index is 5.53. The van der Waals surface area contributed by atoms with Crippen LogP contribution >= 0.6 is 23.1 Å². The lowest BCUT2D eigenvalue weighted by molar-refractivity contribution is 0.340. The lowest BCUT2D eigenvalue weighted by Crippen LogP contribution is -2.00. The van der Waals surface area contributed by atoms with Crippen molar-refractivity contribution in [2.24, 2.45) is 0 Å². The van der Waals surface area contributed by atoms with Gasteiger partial charge in [0.25, 0.3) is 0 Å². The van der Waals surface area contributed by atoms with Crippen LogP contribution in [-0.2, 0) is 12.3 Å². The molecule has 2 aromatic heterocycles. The smallest absolute Gasteiger partial charge is 0.191 e. The first-order valence-corrected chi connectivity index (χ1v) is 11.4. The number of nitrogens with zero attached hydrogens (tertiary/aromatic N) is 4. The van der Waals surface area contributed by atoms with Crippen LogP contribution in [0.3, 0.4) is 0 Å². The highest BCUT2D eigenvalue weighted by Gasteiger charge is 2.14. The Hall–Kier alpha value is -2.64. The van der Waals surface area contributed by atoms with E-state index in [1.807, 2.05) is 49.4 Å². The van der Waals surface area contributed by atoms with Gasteiger partial charge in [-0.25, -0.2) is 4.98 Å². The fourth-order valence-corrected chi connectivity index (χ4v) is 4.81. The van der Waals surface area contributed by atoms with Gasteiger partial charge in [0.1, 0.15) is 10.8 Å². The minimum atomic E-state index is 0.661. The molecule has 0 radical (unpaired) electrons. The Labute approximate surface area is 178 Å². The van der Waals surface area contributed by atoms with Crippen molar-refractivity contribution in [2.75, 3.05) is 6.61 Å². The Balaban J connectivity index is 1.48. The lowest BCUT2D eigenvalue weighted by Gasteiger charge is -2.08. The molecule has 0 saturated carbocycles. The summed E-state index contributed by atoms with van der Waals surface area (Å²) in [6.07, 6.45) is 0. The third-order valence-electron chi connectivity index (χ3n) is 4.38. The number of thiazole rings is 1. The van der Waals surface area contributed by atoms with E-state index in [9.17, 15) is 0 Å². The molecule has 29 heavy (non-hydrogen) atoms. The van der Waals surface area contributed by atoms with E-state index < -0.39 is 0 Å². The zero-order chi connectivity index (χ0) is 20.1. The van der Waals surface area contributed by atoms with Gasteiger partial charge in [-0.3, -0.25) is 0 Å². The number of rotatable bonds is 8. The Morgan fingerprint density at radius 1 is 0.966 bits per heavy atom. The molecule has 0 atom stereocenters. The highest BCUT2D eigenvalue weighted by Crippen LogP contribution is 2.29. The van der Waals surface area contributed by atoms with Crippen LogP contribution < -0.4 is 4.74 Å². The van der Waals surface area contributed by atoms with Gasteiger partial charge in [-0.15, -0.1) is 21.5 Å². The average Bonchev–Trinajstić information content (AvgIpc) is 3.40. The summed E-state index contributed by atoms with van der Waals surface area (Å²) < 4.78 is 7.67. The molecule has 0 aliphatic rings. The fraction of sp³-hybridized carbons (Fsp3) is 0.227. The van der Waals surface area contributed by atoms with E-state index in [0.29, 0.717) is 6.61 Å². The molecule has 4 aromatic rings. The van der Waals surface area contributed by atoms with Crippen molar-refractivity contribution < 1.29 is 4.74 Å². The van der Waals surface area contributed by atoms with Crippen molar-refractivity contribution in [1.82, 2.24) is 19.7 Å². The van der Waals surface area contributed by atoms with E-state index >= 15 is 0 Å². The zero-order valence-electron chi connectivity index (χ0n) is 16.4. The molecule has 0 bridgehead atoms. The maximum atomic E-state index is 5.53. The van der Waals surface area contributed by atoms with Gasteiger partial charge < -0.3 is 9.30 Å². The third-order valence-corrected chi connectivity index (χ3v) is 6.32. The molecular formula is C22H22N4OS2. The van der Waals surface area contributed by atoms with Gasteiger partial charge in [-0.2, -0.15) is 0 Å². The van der Waals surface area contributed by atoms with Gasteiger partial charge >= 0.3 is 0 Å². The quantitative estimate of drug-likeness (QED) is 0.337. The van der Waals surface area contributed by atoms with Gasteiger partial charge in [-0.05, 0) is 38.1 Å². The molecule has 0 aliphatic heterocycles. The van der Waals surface area contributed by atoms with Crippen LogP contribution in [0.25, 0.3) is 22.0 Å². The largest absolute Gasteiger partial charge is 0.494 e. The second-order valence-corrected chi connectivity index (χ2v) is 8.11. The zero-order valence-corrected chi connectivity index (χ0v) is 18.0. The van der Waals surface area contributed by atoms with E-state index in [1.165, 1.54) is 0 Å². The predicted molar refractivity (Wildman–Crippen MR) is 119 cm³/mol. The van der Waals surface area contributed by atoms with E-state index in [-0.39, 0.29) is 0 Å². The third kappa shape index (κ3) is 4.52. The molecule has 148 valence electrons. The Bertz CT molecular complexity index is 1060. The first-order valence-electron chi connectivity index (χ1n) is 9.57. The normalized spacial score (nSPS) is 11.0. The number of hydrogen-bond acceptors (Lipinski definition) is 6. The summed E-state index contributed by atoms with van der Waals surface area (Å²) in [7, 11) is 0. The van der Waals surface area contributed by atoms with Crippen LogP contribution in [-0.4, -0.2) is 26.4 Å². The summed E-state index contributed by atoms with van der Waals surface area (Å²) >= 11 is 3.34. The highest BCUT2D eigenvalue weighted by molar-refractivity contribution is 7.98. The predicted octanol–water partition coefficient (Wildman–Crippen LogP) is 5.78. The average molecular weight is 423 g/mol. The number of thioether (sulfide) groups is 1. The van der Waals surface area contributed by atoms with Crippen LogP contribution in [0, 0.1) is 0 Å². The van der Waals surface area contributed by atoms with Gasteiger partial charge in [0.2, 0.25) is 0 Å². The summed E-state index contributed by atoms with van der Waals surface area (Å²) in [6.45, 7) is 5.57. The Morgan fingerprint density at radius 2 is 1.76 bits per heavy atom. The molecular weight excluding hydrogens is 400 g/mol. The van der Waals surface area contributed by atoms with Crippen LogP contribution in [0.2, 0.25) is 0 Å². The highest BCUT2D eigenvalue weighted by atomic mass is 32.2. The second kappa shape index (κ2) is 9.24. The van der Waals surface area contributed by atoms with Gasteiger partial charge in [-0.1, -0.05) is 42.1 Å². The van der Waals surface area contributed by atoms with Gasteiger partial charge in [0.05, 0.1) is 12.3 Å². The summed E-state index contributed by atoms with van der Waals surface area (Å²) in [5, 5.41) is 12.9. The van der Waals surface area contributed by atoms with Crippen molar-refractivity contribution in [3.05, 3.63) is 65.7 Å². The molecule has 2 aromatic carbocycles. The summed E-state index contributed by atoms with van der Waals surface area (Å²) in [5.74, 6) is 2.51. The van der Waals surface area contributed by atoms with E-state index in [1.54, 1.807) is 23.1 Å². The summed E-state index contributed by atoms with van der Waals surface area (Å²) in [5.41, 5.74) is 3.25. The molecule has 0 spiro atoms. The Morgan fingerprint density at radius 3 is 2.48 bits per heavy atom. The standard InChI is InChI=1S/C22H22N4OS2/c1-3-26-20(16-10-12-19(13-11-16)27-4-2)24-25-22(26)29-15-18-14-28-21(23-18)17-8-6-5-7-9-17/h5-14H,3-4,15H2,1-2H3. The minimum absolute atomic E-state index is 0.661.